The van der Waals surface area contributed by atoms with E-state index in [0.717, 1.165) is 16.5 Å². The Labute approximate surface area is 199 Å². The van der Waals surface area contributed by atoms with E-state index < -0.39 is 12.1 Å². The second kappa shape index (κ2) is 11.9. The second-order valence-corrected chi connectivity index (χ2v) is 10.1. The van der Waals surface area contributed by atoms with Crippen molar-refractivity contribution < 1.29 is 14.7 Å². The number of hydrogen-bond acceptors (Lipinski definition) is 6. The summed E-state index contributed by atoms with van der Waals surface area (Å²) in [6, 6.07) is 18.4. The normalized spacial score (nSPS) is 13.3. The Hall–Kier alpha value is -2.74. The molecule has 0 radical (unpaired) electrons. The van der Waals surface area contributed by atoms with Crippen LogP contribution in [0.5, 0.6) is 0 Å². The molecule has 0 saturated heterocycles. The Morgan fingerprint density at radius 2 is 1.76 bits per heavy atom. The average Bonchev–Trinajstić information content (AvgIpc) is 2.78. The molecule has 0 fully saturated rings. The summed E-state index contributed by atoms with van der Waals surface area (Å²) in [6.07, 6.45) is 1.22. The molecule has 2 aromatic carbocycles. The molecule has 33 heavy (non-hydrogen) atoms. The number of aliphatic hydroxyl groups is 1. The molecule has 3 rings (SSSR count). The number of ketones is 1. The number of fused-ring (bicyclic) bond motifs is 1. The topological polar surface area (TPSA) is 82.5 Å². The third-order valence-electron chi connectivity index (χ3n) is 5.12. The van der Waals surface area contributed by atoms with Crippen LogP contribution < -0.4 is 5.32 Å². The van der Waals surface area contributed by atoms with Gasteiger partial charge in [0, 0.05) is 23.4 Å². The Morgan fingerprint density at radius 3 is 2.45 bits per heavy atom. The lowest BCUT2D eigenvalue weighted by molar-refractivity contribution is -0.117. The van der Waals surface area contributed by atoms with Gasteiger partial charge in [0.15, 0.2) is 0 Å². The van der Waals surface area contributed by atoms with Gasteiger partial charge < -0.3 is 10.4 Å². The molecule has 2 N–H and O–H groups in total. The van der Waals surface area contributed by atoms with E-state index in [0.29, 0.717) is 12.0 Å². The summed E-state index contributed by atoms with van der Waals surface area (Å²) in [7, 11) is 0. The molecule has 3 aromatic rings. The molecule has 0 aliphatic carbocycles. The Balaban J connectivity index is 1.83. The second-order valence-electron chi connectivity index (χ2n) is 8.39. The molecular weight excluding hydrogens is 434 g/mol. The highest BCUT2D eigenvalue weighted by atomic mass is 32.2. The van der Waals surface area contributed by atoms with Crippen LogP contribution in [0, 0.1) is 0 Å². The Bertz CT molecular complexity index is 1070. The van der Waals surface area contributed by atoms with E-state index in [1.807, 2.05) is 72.7 Å². The molecule has 2 unspecified atom stereocenters. The third kappa shape index (κ3) is 7.39. The predicted molar refractivity (Wildman–Crippen MR) is 134 cm³/mol. The van der Waals surface area contributed by atoms with Crippen molar-refractivity contribution in [3.05, 3.63) is 78.0 Å². The highest BCUT2D eigenvalue weighted by Gasteiger charge is 2.26. The van der Waals surface area contributed by atoms with Crippen LogP contribution in [-0.4, -0.2) is 56.6 Å². The van der Waals surface area contributed by atoms with Crippen molar-refractivity contribution in [2.75, 3.05) is 13.1 Å². The summed E-state index contributed by atoms with van der Waals surface area (Å²) in [5.74, 6) is -0.231. The van der Waals surface area contributed by atoms with Crippen molar-refractivity contribution in [3.63, 3.8) is 0 Å². The van der Waals surface area contributed by atoms with Crippen molar-refractivity contribution in [2.45, 2.75) is 44.6 Å². The van der Waals surface area contributed by atoms with Gasteiger partial charge >= 0.3 is 0 Å². The minimum absolute atomic E-state index is 0.0299. The number of benzene rings is 2. The van der Waals surface area contributed by atoms with Gasteiger partial charge in [-0.1, -0.05) is 74.3 Å². The molecule has 2 atom stereocenters. The number of para-hydroxylation sites is 1. The molecular formula is C26H31N3O3S. The number of carbonyl (C=O) groups excluding carboxylic acids is 2. The van der Waals surface area contributed by atoms with Crippen molar-refractivity contribution in [1.82, 2.24) is 14.6 Å². The number of rotatable bonds is 11. The van der Waals surface area contributed by atoms with Gasteiger partial charge in [-0.05, 0) is 31.0 Å². The largest absolute Gasteiger partial charge is 0.390 e. The van der Waals surface area contributed by atoms with Crippen molar-refractivity contribution in [3.8, 4) is 0 Å². The number of nitrogens with one attached hydrogen (secondary N) is 1. The van der Waals surface area contributed by atoms with E-state index in [1.165, 1.54) is 18.9 Å². The Morgan fingerprint density at radius 1 is 1.06 bits per heavy atom. The van der Waals surface area contributed by atoms with Crippen molar-refractivity contribution in [1.29, 1.82) is 0 Å². The van der Waals surface area contributed by atoms with E-state index in [9.17, 15) is 14.7 Å². The number of carbonyl (C=O) groups is 2. The first-order valence-corrected chi connectivity index (χ1v) is 11.9. The fourth-order valence-corrected chi connectivity index (χ4v) is 4.81. The number of Topliss-reactive ketones (excluding diaryl/α,β-unsaturated/α-hetero) is 1. The van der Waals surface area contributed by atoms with E-state index in [1.54, 1.807) is 12.3 Å². The van der Waals surface area contributed by atoms with E-state index >= 15 is 0 Å². The summed E-state index contributed by atoms with van der Waals surface area (Å²) in [4.78, 5) is 29.4. The maximum atomic E-state index is 13.3. The fraction of sp³-hybridized carbons (Fsp3) is 0.346. The molecule has 1 aromatic heterocycles. The first kappa shape index (κ1) is 24.9. The van der Waals surface area contributed by atoms with Crippen LogP contribution in [0.4, 0.5) is 0 Å². The van der Waals surface area contributed by atoms with Gasteiger partial charge in [-0.25, -0.2) is 4.31 Å². The van der Waals surface area contributed by atoms with Gasteiger partial charge in [-0.2, -0.15) is 0 Å². The standard InChI is InChI=1S/C26H31N3O3S/c1-18(2)33-29(16-19(3)30)17-25(31)24(15-20-9-5-4-6-10-20)28-26(32)22-13-14-27-23-12-8-7-11-21(22)23/h4-14,18,24-25,31H,15-17H2,1-3H3,(H,28,32). The smallest absolute Gasteiger partial charge is 0.252 e. The minimum Gasteiger partial charge on any atom is -0.390 e. The molecule has 0 bridgehead atoms. The van der Waals surface area contributed by atoms with Gasteiger partial charge in [0.25, 0.3) is 5.91 Å². The van der Waals surface area contributed by atoms with Gasteiger partial charge in [-0.3, -0.25) is 14.6 Å². The molecule has 0 spiro atoms. The molecule has 0 saturated carbocycles. The maximum absolute atomic E-state index is 13.3. The highest BCUT2D eigenvalue weighted by molar-refractivity contribution is 7.97. The van der Waals surface area contributed by atoms with Gasteiger partial charge in [-0.15, -0.1) is 0 Å². The van der Waals surface area contributed by atoms with Crippen molar-refractivity contribution >= 4 is 34.5 Å². The third-order valence-corrected chi connectivity index (χ3v) is 6.12. The average molecular weight is 466 g/mol. The first-order valence-electron chi connectivity index (χ1n) is 11.1. The van der Waals surface area contributed by atoms with Crippen LogP contribution in [0.1, 0.15) is 36.7 Å². The number of nitrogens with zero attached hydrogens (tertiary/aromatic N) is 2. The van der Waals surface area contributed by atoms with Gasteiger partial charge in [0.05, 0.1) is 29.8 Å². The van der Waals surface area contributed by atoms with Crippen LogP contribution in [-0.2, 0) is 11.2 Å². The zero-order chi connectivity index (χ0) is 23.8. The van der Waals surface area contributed by atoms with E-state index in [4.69, 9.17) is 0 Å². The molecule has 7 heteroatoms. The SMILES string of the molecule is CC(=O)CN(CC(O)C(Cc1ccccc1)NC(=O)c1ccnc2ccccc12)SC(C)C. The molecule has 1 amide bonds. The zero-order valence-corrected chi connectivity index (χ0v) is 20.1. The van der Waals surface area contributed by atoms with Crippen LogP contribution in [0.15, 0.2) is 66.9 Å². The predicted octanol–water partition coefficient (Wildman–Crippen LogP) is 3.88. The van der Waals surface area contributed by atoms with Crippen molar-refractivity contribution in [2.24, 2.45) is 0 Å². The monoisotopic (exact) mass is 465 g/mol. The van der Waals surface area contributed by atoms with Crippen LogP contribution >= 0.6 is 11.9 Å². The fourth-order valence-electron chi connectivity index (χ4n) is 3.72. The molecule has 1 heterocycles. The number of aliphatic hydroxyl groups excluding tert-OH is 1. The Kier molecular flexibility index (Phi) is 9.00. The highest BCUT2D eigenvalue weighted by Crippen LogP contribution is 2.20. The summed E-state index contributed by atoms with van der Waals surface area (Å²) in [5, 5.41) is 15.3. The zero-order valence-electron chi connectivity index (χ0n) is 19.3. The number of hydrogen-bond donors (Lipinski definition) is 2. The molecule has 6 nitrogen and oxygen atoms in total. The molecule has 0 aliphatic rings. The van der Waals surface area contributed by atoms with Gasteiger partial charge in [0.1, 0.15) is 5.78 Å². The lowest BCUT2D eigenvalue weighted by atomic mass is 10.00. The first-order chi connectivity index (χ1) is 15.8. The number of amides is 1. The summed E-state index contributed by atoms with van der Waals surface area (Å²) < 4.78 is 1.88. The number of pyridine rings is 1. The van der Waals surface area contributed by atoms with Crippen LogP contribution in [0.2, 0.25) is 0 Å². The van der Waals surface area contributed by atoms with E-state index in [2.05, 4.69) is 10.3 Å². The summed E-state index contributed by atoms with van der Waals surface area (Å²) in [6.45, 7) is 6.13. The molecule has 0 aliphatic heterocycles. The van der Waals surface area contributed by atoms with E-state index in [-0.39, 0.29) is 30.0 Å². The lowest BCUT2D eigenvalue weighted by Gasteiger charge is -2.30. The maximum Gasteiger partial charge on any atom is 0.252 e. The minimum atomic E-state index is -0.868. The summed E-state index contributed by atoms with van der Waals surface area (Å²) in [5.41, 5.74) is 2.27. The molecule has 174 valence electrons. The van der Waals surface area contributed by atoms with Gasteiger partial charge in [0.2, 0.25) is 0 Å². The van der Waals surface area contributed by atoms with Crippen LogP contribution in [0.25, 0.3) is 10.9 Å². The lowest BCUT2D eigenvalue weighted by Crippen LogP contribution is -2.49. The quantitative estimate of drug-likeness (QED) is 0.418. The van der Waals surface area contributed by atoms with Crippen LogP contribution in [0.3, 0.4) is 0 Å². The number of aromatic nitrogens is 1. The summed E-state index contributed by atoms with van der Waals surface area (Å²) >= 11 is 1.53.